The zero-order valence-corrected chi connectivity index (χ0v) is 14.7. The molecule has 2 amide bonds. The quantitative estimate of drug-likeness (QED) is 0.835. The average molecular weight is 328 g/mol. The molecule has 0 fully saturated rings. The van der Waals surface area contributed by atoms with Crippen LogP contribution in [0.5, 0.6) is 0 Å². The minimum atomic E-state index is -1.04. The molecule has 1 heterocycles. The smallest absolute Gasteiger partial charge is 0.412 e. The van der Waals surface area contributed by atoms with Crippen molar-refractivity contribution in [1.29, 1.82) is 0 Å². The Bertz CT molecular complexity index is 723. The number of amides is 2. The topological polar surface area (TPSA) is 60.9 Å². The van der Waals surface area contributed by atoms with Gasteiger partial charge in [0.1, 0.15) is 0 Å². The SMILES string of the molecule is CN1Cc2c(C3CC=CC3)ccc(N(C(=O)O)C(C)(C)C)c2C1=O. The van der Waals surface area contributed by atoms with Gasteiger partial charge in [0.25, 0.3) is 5.91 Å². The van der Waals surface area contributed by atoms with E-state index in [9.17, 15) is 14.7 Å². The molecule has 0 spiro atoms. The van der Waals surface area contributed by atoms with Gasteiger partial charge in [0.15, 0.2) is 0 Å². The first-order valence-corrected chi connectivity index (χ1v) is 8.31. The lowest BCUT2D eigenvalue weighted by atomic mass is 9.89. The molecular formula is C19H24N2O3. The predicted molar refractivity (Wildman–Crippen MR) is 93.6 cm³/mol. The van der Waals surface area contributed by atoms with Crippen molar-refractivity contribution in [1.82, 2.24) is 4.90 Å². The Morgan fingerprint density at radius 1 is 1.25 bits per heavy atom. The fourth-order valence-corrected chi connectivity index (χ4v) is 3.75. The van der Waals surface area contributed by atoms with Crippen LogP contribution in [0.3, 0.4) is 0 Å². The molecule has 0 radical (unpaired) electrons. The Hall–Kier alpha value is -2.30. The molecule has 128 valence electrons. The van der Waals surface area contributed by atoms with Gasteiger partial charge in [0, 0.05) is 19.1 Å². The lowest BCUT2D eigenvalue weighted by molar-refractivity contribution is 0.0817. The van der Waals surface area contributed by atoms with Gasteiger partial charge >= 0.3 is 6.09 Å². The van der Waals surface area contributed by atoms with E-state index in [-0.39, 0.29) is 5.91 Å². The Balaban J connectivity index is 2.18. The molecule has 1 aliphatic heterocycles. The van der Waals surface area contributed by atoms with Gasteiger partial charge in [-0.3, -0.25) is 9.69 Å². The minimum absolute atomic E-state index is 0.0942. The summed E-state index contributed by atoms with van der Waals surface area (Å²) >= 11 is 0. The highest BCUT2D eigenvalue weighted by Gasteiger charge is 2.37. The Morgan fingerprint density at radius 3 is 2.42 bits per heavy atom. The van der Waals surface area contributed by atoms with E-state index in [0.717, 1.165) is 18.4 Å². The molecule has 0 unspecified atom stereocenters. The van der Waals surface area contributed by atoms with Crippen LogP contribution in [0.25, 0.3) is 0 Å². The second-order valence-corrected chi connectivity index (χ2v) is 7.62. The van der Waals surface area contributed by atoms with Crippen LogP contribution in [0, 0.1) is 0 Å². The lowest BCUT2D eigenvalue weighted by Gasteiger charge is -2.34. The van der Waals surface area contributed by atoms with Gasteiger partial charge in [0.2, 0.25) is 0 Å². The molecule has 1 aliphatic carbocycles. The molecule has 24 heavy (non-hydrogen) atoms. The van der Waals surface area contributed by atoms with Gasteiger partial charge in [-0.1, -0.05) is 18.2 Å². The minimum Gasteiger partial charge on any atom is -0.465 e. The molecule has 1 aromatic carbocycles. The van der Waals surface area contributed by atoms with Crippen LogP contribution in [0.4, 0.5) is 10.5 Å². The molecule has 0 atom stereocenters. The number of hydrogen-bond acceptors (Lipinski definition) is 2. The molecule has 3 rings (SSSR count). The summed E-state index contributed by atoms with van der Waals surface area (Å²) in [7, 11) is 1.77. The second-order valence-electron chi connectivity index (χ2n) is 7.62. The van der Waals surface area contributed by atoms with Crippen LogP contribution >= 0.6 is 0 Å². The van der Waals surface area contributed by atoms with Crippen molar-refractivity contribution in [2.24, 2.45) is 0 Å². The summed E-state index contributed by atoms with van der Waals surface area (Å²) < 4.78 is 0. The van der Waals surface area contributed by atoms with Gasteiger partial charge in [-0.15, -0.1) is 0 Å². The molecule has 1 N–H and O–H groups in total. The molecule has 2 aliphatic rings. The number of rotatable bonds is 2. The van der Waals surface area contributed by atoms with E-state index in [2.05, 4.69) is 12.2 Å². The fourth-order valence-electron chi connectivity index (χ4n) is 3.75. The summed E-state index contributed by atoms with van der Waals surface area (Å²) in [6.45, 7) is 6.06. The number of carbonyl (C=O) groups is 2. The van der Waals surface area contributed by atoms with Gasteiger partial charge in [-0.25, -0.2) is 4.79 Å². The highest BCUT2D eigenvalue weighted by atomic mass is 16.4. The van der Waals surface area contributed by atoms with E-state index in [1.807, 2.05) is 32.9 Å². The summed E-state index contributed by atoms with van der Waals surface area (Å²) in [6.07, 6.45) is 5.26. The number of hydrogen-bond donors (Lipinski definition) is 1. The third kappa shape index (κ3) is 2.58. The van der Waals surface area contributed by atoms with Crippen LogP contribution in [0.2, 0.25) is 0 Å². The first kappa shape index (κ1) is 16.6. The number of allylic oxidation sites excluding steroid dienone is 2. The highest BCUT2D eigenvalue weighted by molar-refractivity contribution is 6.07. The van der Waals surface area contributed by atoms with Crippen molar-refractivity contribution >= 4 is 17.7 Å². The number of benzene rings is 1. The molecule has 5 nitrogen and oxygen atoms in total. The van der Waals surface area contributed by atoms with Crippen molar-refractivity contribution < 1.29 is 14.7 Å². The molecule has 5 heteroatoms. The second kappa shape index (κ2) is 5.65. The third-order valence-corrected chi connectivity index (χ3v) is 4.83. The highest BCUT2D eigenvalue weighted by Crippen LogP contribution is 2.41. The van der Waals surface area contributed by atoms with E-state index in [1.165, 1.54) is 10.5 Å². The maximum Gasteiger partial charge on any atom is 0.412 e. The summed E-state index contributed by atoms with van der Waals surface area (Å²) in [5.74, 6) is 0.295. The maximum atomic E-state index is 12.7. The number of carboxylic acid groups (broad SMARTS) is 1. The zero-order valence-electron chi connectivity index (χ0n) is 14.7. The summed E-state index contributed by atoms with van der Waals surface area (Å²) in [5.41, 5.74) is 2.59. The molecule has 0 saturated heterocycles. The van der Waals surface area contributed by atoms with Gasteiger partial charge in [0.05, 0.1) is 11.3 Å². The Labute approximate surface area is 142 Å². The first-order valence-electron chi connectivity index (χ1n) is 8.31. The Kier molecular flexibility index (Phi) is 3.90. The van der Waals surface area contributed by atoms with Crippen molar-refractivity contribution in [2.45, 2.75) is 51.6 Å². The average Bonchev–Trinajstić information content (AvgIpc) is 3.07. The molecule has 0 aromatic heterocycles. The third-order valence-electron chi connectivity index (χ3n) is 4.83. The van der Waals surface area contributed by atoms with E-state index in [0.29, 0.717) is 23.7 Å². The van der Waals surface area contributed by atoms with E-state index >= 15 is 0 Å². The van der Waals surface area contributed by atoms with E-state index in [4.69, 9.17) is 0 Å². The number of anilines is 1. The van der Waals surface area contributed by atoms with Crippen LogP contribution in [-0.4, -0.2) is 34.6 Å². The first-order chi connectivity index (χ1) is 11.2. The number of fused-ring (bicyclic) bond motifs is 1. The lowest BCUT2D eigenvalue weighted by Crippen LogP contribution is -2.46. The summed E-state index contributed by atoms with van der Waals surface area (Å²) in [4.78, 5) is 27.6. The van der Waals surface area contributed by atoms with E-state index < -0.39 is 11.6 Å². The van der Waals surface area contributed by atoms with Crippen molar-refractivity contribution in [3.63, 3.8) is 0 Å². The summed E-state index contributed by atoms with van der Waals surface area (Å²) in [5, 5.41) is 9.72. The molecule has 0 saturated carbocycles. The van der Waals surface area contributed by atoms with Crippen LogP contribution in [0.15, 0.2) is 24.3 Å². The van der Waals surface area contributed by atoms with Gasteiger partial charge in [-0.05, 0) is 56.7 Å². The number of carbonyl (C=O) groups excluding carboxylic acids is 1. The van der Waals surface area contributed by atoms with Crippen LogP contribution in [0.1, 0.15) is 61.0 Å². The van der Waals surface area contributed by atoms with Crippen LogP contribution in [-0.2, 0) is 6.54 Å². The summed E-state index contributed by atoms with van der Waals surface area (Å²) in [6, 6.07) is 3.82. The largest absolute Gasteiger partial charge is 0.465 e. The number of nitrogens with zero attached hydrogens (tertiary/aromatic N) is 2. The van der Waals surface area contributed by atoms with Crippen LogP contribution < -0.4 is 4.90 Å². The fraction of sp³-hybridized carbons (Fsp3) is 0.474. The van der Waals surface area contributed by atoms with Crippen molar-refractivity contribution in [2.75, 3.05) is 11.9 Å². The Morgan fingerprint density at radius 2 is 1.88 bits per heavy atom. The van der Waals surface area contributed by atoms with Gasteiger partial charge in [-0.2, -0.15) is 0 Å². The maximum absolute atomic E-state index is 12.7. The predicted octanol–water partition coefficient (Wildman–Crippen LogP) is 3.99. The molecule has 0 bridgehead atoms. The zero-order chi connectivity index (χ0) is 17.6. The van der Waals surface area contributed by atoms with E-state index in [1.54, 1.807) is 11.9 Å². The van der Waals surface area contributed by atoms with Crippen molar-refractivity contribution in [3.8, 4) is 0 Å². The molecular weight excluding hydrogens is 304 g/mol. The monoisotopic (exact) mass is 328 g/mol. The standard InChI is InChI=1S/C19H24N2O3/c1-19(2,3)21(18(23)24)15-10-9-13(12-7-5-6-8-12)14-11-20(4)17(22)16(14)15/h5-6,9-10,12H,7-8,11H2,1-4H3,(H,23,24). The van der Waals surface area contributed by atoms with Gasteiger partial charge < -0.3 is 10.0 Å². The van der Waals surface area contributed by atoms with Crippen molar-refractivity contribution in [3.05, 3.63) is 41.0 Å². The normalized spacial score (nSPS) is 17.5. The molecule has 1 aromatic rings.